The average Bonchev–Trinajstić information content (AvgIpc) is 2.35. The SMILES string of the molecule is Cc1cc(OCC[C@H]2CCCCN2)ccc1Br. The Morgan fingerprint density at radius 2 is 2.29 bits per heavy atom. The Morgan fingerprint density at radius 1 is 1.41 bits per heavy atom. The number of hydrogen-bond acceptors (Lipinski definition) is 2. The van der Waals surface area contributed by atoms with Gasteiger partial charge >= 0.3 is 0 Å². The Morgan fingerprint density at radius 3 is 3.00 bits per heavy atom. The van der Waals surface area contributed by atoms with Gasteiger partial charge < -0.3 is 10.1 Å². The van der Waals surface area contributed by atoms with Crippen molar-refractivity contribution in [2.45, 2.75) is 38.6 Å². The van der Waals surface area contributed by atoms with Crippen molar-refractivity contribution in [3.8, 4) is 5.75 Å². The maximum Gasteiger partial charge on any atom is 0.119 e. The molecular weight excluding hydrogens is 278 g/mol. The second-order valence-corrected chi connectivity index (χ2v) is 5.55. The van der Waals surface area contributed by atoms with Crippen LogP contribution in [0.1, 0.15) is 31.2 Å². The number of rotatable bonds is 4. The molecule has 0 aliphatic carbocycles. The molecule has 1 aliphatic heterocycles. The van der Waals surface area contributed by atoms with Crippen molar-refractivity contribution in [1.29, 1.82) is 0 Å². The molecule has 1 aliphatic rings. The van der Waals surface area contributed by atoms with E-state index in [0.717, 1.165) is 23.2 Å². The van der Waals surface area contributed by atoms with E-state index in [2.05, 4.69) is 34.2 Å². The smallest absolute Gasteiger partial charge is 0.119 e. The molecule has 1 fully saturated rings. The Hall–Kier alpha value is -0.540. The number of halogens is 1. The number of aryl methyl sites for hydroxylation is 1. The Kier molecular flexibility index (Phi) is 4.86. The first-order valence-electron chi connectivity index (χ1n) is 6.38. The summed E-state index contributed by atoms with van der Waals surface area (Å²) in [6.45, 7) is 4.06. The van der Waals surface area contributed by atoms with Crippen molar-refractivity contribution in [3.63, 3.8) is 0 Å². The highest BCUT2D eigenvalue weighted by atomic mass is 79.9. The normalized spacial score (nSPS) is 20.2. The predicted octanol–water partition coefficient (Wildman–Crippen LogP) is 3.67. The van der Waals surface area contributed by atoms with Gasteiger partial charge in [-0.3, -0.25) is 0 Å². The molecule has 1 N–H and O–H groups in total. The number of hydrogen-bond donors (Lipinski definition) is 1. The lowest BCUT2D eigenvalue weighted by Gasteiger charge is -2.23. The van der Waals surface area contributed by atoms with Crippen LogP contribution in [0.4, 0.5) is 0 Å². The van der Waals surface area contributed by atoms with Crippen molar-refractivity contribution < 1.29 is 4.74 Å². The quantitative estimate of drug-likeness (QED) is 0.916. The van der Waals surface area contributed by atoms with Crippen molar-refractivity contribution >= 4 is 15.9 Å². The average molecular weight is 298 g/mol. The third-order valence-electron chi connectivity index (χ3n) is 3.28. The molecule has 0 amide bonds. The summed E-state index contributed by atoms with van der Waals surface area (Å²) in [5.41, 5.74) is 1.22. The summed E-state index contributed by atoms with van der Waals surface area (Å²) in [5, 5.41) is 3.54. The molecule has 1 aromatic carbocycles. The third-order valence-corrected chi connectivity index (χ3v) is 4.17. The van der Waals surface area contributed by atoms with Crippen molar-refractivity contribution in [2.75, 3.05) is 13.2 Å². The highest BCUT2D eigenvalue weighted by Crippen LogP contribution is 2.22. The van der Waals surface area contributed by atoms with Gasteiger partial charge in [0.1, 0.15) is 5.75 Å². The lowest BCUT2D eigenvalue weighted by atomic mass is 10.0. The van der Waals surface area contributed by atoms with Crippen LogP contribution >= 0.6 is 15.9 Å². The van der Waals surface area contributed by atoms with Gasteiger partial charge in [0, 0.05) is 10.5 Å². The topological polar surface area (TPSA) is 21.3 Å². The first-order valence-corrected chi connectivity index (χ1v) is 7.17. The van der Waals surface area contributed by atoms with Crippen LogP contribution in [0.15, 0.2) is 22.7 Å². The number of ether oxygens (including phenoxy) is 1. The lowest BCUT2D eigenvalue weighted by Crippen LogP contribution is -2.35. The van der Waals surface area contributed by atoms with Crippen LogP contribution in [0, 0.1) is 6.92 Å². The van der Waals surface area contributed by atoms with Crippen LogP contribution in [0.5, 0.6) is 5.75 Å². The maximum atomic E-state index is 5.78. The maximum absolute atomic E-state index is 5.78. The van der Waals surface area contributed by atoms with Crippen LogP contribution in [0.2, 0.25) is 0 Å². The number of piperidine rings is 1. The molecule has 0 saturated carbocycles. The van der Waals surface area contributed by atoms with E-state index in [4.69, 9.17) is 4.74 Å². The van der Waals surface area contributed by atoms with Crippen LogP contribution in [0.25, 0.3) is 0 Å². The van der Waals surface area contributed by atoms with E-state index in [1.54, 1.807) is 0 Å². The molecule has 0 aromatic heterocycles. The van der Waals surface area contributed by atoms with E-state index >= 15 is 0 Å². The van der Waals surface area contributed by atoms with Crippen LogP contribution in [0.3, 0.4) is 0 Å². The summed E-state index contributed by atoms with van der Waals surface area (Å²) in [7, 11) is 0. The molecule has 1 heterocycles. The summed E-state index contributed by atoms with van der Waals surface area (Å²) in [6, 6.07) is 6.80. The third kappa shape index (κ3) is 4.00. The fourth-order valence-corrected chi connectivity index (χ4v) is 2.44. The van der Waals surface area contributed by atoms with Crippen LogP contribution < -0.4 is 10.1 Å². The predicted molar refractivity (Wildman–Crippen MR) is 74.6 cm³/mol. The minimum atomic E-state index is 0.653. The van der Waals surface area contributed by atoms with Crippen LogP contribution in [-0.2, 0) is 0 Å². The van der Waals surface area contributed by atoms with Crippen molar-refractivity contribution in [3.05, 3.63) is 28.2 Å². The van der Waals surface area contributed by atoms with E-state index in [1.807, 2.05) is 12.1 Å². The van der Waals surface area contributed by atoms with Gasteiger partial charge in [-0.05, 0) is 56.5 Å². The minimum Gasteiger partial charge on any atom is -0.494 e. The Bertz CT molecular complexity index is 361. The fourth-order valence-electron chi connectivity index (χ4n) is 2.20. The lowest BCUT2D eigenvalue weighted by molar-refractivity contribution is 0.268. The first-order chi connectivity index (χ1) is 8.25. The van der Waals surface area contributed by atoms with Gasteiger partial charge in [0.15, 0.2) is 0 Å². The van der Waals surface area contributed by atoms with Gasteiger partial charge in [0.25, 0.3) is 0 Å². The standard InChI is InChI=1S/C14H20BrNO/c1-11-10-13(5-6-14(11)15)17-9-7-12-4-2-3-8-16-12/h5-6,10,12,16H,2-4,7-9H2,1H3/t12-/m1/s1. The zero-order chi connectivity index (χ0) is 12.1. The minimum absolute atomic E-state index is 0.653. The number of benzene rings is 1. The number of nitrogens with one attached hydrogen (secondary N) is 1. The molecule has 94 valence electrons. The van der Waals surface area contributed by atoms with Gasteiger partial charge in [-0.2, -0.15) is 0 Å². The highest BCUT2D eigenvalue weighted by Gasteiger charge is 2.12. The molecule has 0 bridgehead atoms. The largest absolute Gasteiger partial charge is 0.494 e. The molecule has 0 spiro atoms. The summed E-state index contributed by atoms with van der Waals surface area (Å²) in [4.78, 5) is 0. The summed E-state index contributed by atoms with van der Waals surface area (Å²) < 4.78 is 6.92. The molecule has 1 atom stereocenters. The molecule has 0 radical (unpaired) electrons. The Labute approximate surface area is 112 Å². The first kappa shape index (κ1) is 12.9. The summed E-state index contributed by atoms with van der Waals surface area (Å²) in [6.07, 6.45) is 5.08. The molecule has 0 unspecified atom stereocenters. The van der Waals surface area contributed by atoms with Crippen LogP contribution in [-0.4, -0.2) is 19.2 Å². The van der Waals surface area contributed by atoms with Gasteiger partial charge in [-0.15, -0.1) is 0 Å². The summed E-state index contributed by atoms with van der Waals surface area (Å²) >= 11 is 3.49. The van der Waals surface area contributed by atoms with E-state index in [1.165, 1.54) is 31.4 Å². The van der Waals surface area contributed by atoms with Gasteiger partial charge in [-0.25, -0.2) is 0 Å². The molecule has 2 nitrogen and oxygen atoms in total. The molecule has 2 rings (SSSR count). The summed E-state index contributed by atoms with van der Waals surface area (Å²) in [5.74, 6) is 0.974. The van der Waals surface area contributed by atoms with Crippen molar-refractivity contribution in [2.24, 2.45) is 0 Å². The zero-order valence-electron chi connectivity index (χ0n) is 10.3. The van der Waals surface area contributed by atoms with Gasteiger partial charge in [0.2, 0.25) is 0 Å². The molecule has 1 aromatic rings. The highest BCUT2D eigenvalue weighted by molar-refractivity contribution is 9.10. The molecular formula is C14H20BrNO. The second kappa shape index (κ2) is 6.41. The molecule has 3 heteroatoms. The monoisotopic (exact) mass is 297 g/mol. The van der Waals surface area contributed by atoms with Gasteiger partial charge in [0.05, 0.1) is 6.61 Å². The molecule has 1 saturated heterocycles. The van der Waals surface area contributed by atoms with E-state index in [0.29, 0.717) is 6.04 Å². The van der Waals surface area contributed by atoms with Gasteiger partial charge in [-0.1, -0.05) is 22.4 Å². The zero-order valence-corrected chi connectivity index (χ0v) is 11.9. The molecule has 17 heavy (non-hydrogen) atoms. The Balaban J connectivity index is 1.75. The van der Waals surface area contributed by atoms with E-state index in [-0.39, 0.29) is 0 Å². The van der Waals surface area contributed by atoms with Crippen molar-refractivity contribution in [1.82, 2.24) is 5.32 Å². The van der Waals surface area contributed by atoms with E-state index < -0.39 is 0 Å². The van der Waals surface area contributed by atoms with E-state index in [9.17, 15) is 0 Å². The fraction of sp³-hybridized carbons (Fsp3) is 0.571. The second-order valence-electron chi connectivity index (χ2n) is 4.69.